The van der Waals surface area contributed by atoms with Gasteiger partial charge in [0.15, 0.2) is 5.96 Å². The van der Waals surface area contributed by atoms with E-state index in [1.807, 2.05) is 19.2 Å². The maximum absolute atomic E-state index is 5.64. The van der Waals surface area contributed by atoms with Gasteiger partial charge in [0.25, 0.3) is 0 Å². The molecule has 164 valence electrons. The highest BCUT2D eigenvalue weighted by molar-refractivity contribution is 5.79. The molecule has 0 spiro atoms. The Hall–Kier alpha value is -1.83. The largest absolute Gasteiger partial charge is 0.497 e. The lowest BCUT2D eigenvalue weighted by molar-refractivity contribution is 0.0170. The van der Waals surface area contributed by atoms with E-state index >= 15 is 0 Å². The number of aliphatic imine (C=N–C) groups is 1. The van der Waals surface area contributed by atoms with Gasteiger partial charge in [-0.1, -0.05) is 26.0 Å². The zero-order chi connectivity index (χ0) is 20.9. The van der Waals surface area contributed by atoms with Crippen LogP contribution in [-0.4, -0.2) is 77.6 Å². The lowest BCUT2D eigenvalue weighted by Crippen LogP contribution is -2.46. The second-order valence-corrected chi connectivity index (χ2v) is 7.64. The Morgan fingerprint density at radius 2 is 1.90 bits per heavy atom. The molecular weight excluding hydrogens is 368 g/mol. The van der Waals surface area contributed by atoms with Gasteiger partial charge < -0.3 is 24.8 Å². The highest BCUT2D eigenvalue weighted by Crippen LogP contribution is 2.23. The summed E-state index contributed by atoms with van der Waals surface area (Å²) in [6.07, 6.45) is 0.957. The molecule has 7 nitrogen and oxygen atoms in total. The quantitative estimate of drug-likeness (QED) is 0.334. The van der Waals surface area contributed by atoms with Crippen molar-refractivity contribution in [3.05, 3.63) is 29.8 Å². The van der Waals surface area contributed by atoms with Gasteiger partial charge in [-0.05, 0) is 30.0 Å². The lowest BCUT2D eigenvalue weighted by atomic mass is 10.0. The second-order valence-electron chi connectivity index (χ2n) is 7.64. The van der Waals surface area contributed by atoms with Crippen molar-refractivity contribution in [3.8, 4) is 5.75 Å². The summed E-state index contributed by atoms with van der Waals surface area (Å²) < 4.78 is 16.5. The Kier molecular flexibility index (Phi) is 10.8. The van der Waals surface area contributed by atoms with E-state index in [9.17, 15) is 0 Å². The molecule has 1 atom stereocenters. The molecule has 7 heteroatoms. The number of guanidine groups is 1. The van der Waals surface area contributed by atoms with Crippen molar-refractivity contribution in [2.45, 2.75) is 26.3 Å². The second kappa shape index (κ2) is 13.4. The van der Waals surface area contributed by atoms with Crippen LogP contribution >= 0.6 is 0 Å². The molecule has 0 bridgehead atoms. The van der Waals surface area contributed by atoms with Gasteiger partial charge >= 0.3 is 0 Å². The predicted molar refractivity (Wildman–Crippen MR) is 118 cm³/mol. The minimum atomic E-state index is 0.248. The van der Waals surface area contributed by atoms with E-state index in [-0.39, 0.29) is 6.04 Å². The van der Waals surface area contributed by atoms with Crippen molar-refractivity contribution in [2.24, 2.45) is 10.9 Å². The number of ether oxygens (including phenoxy) is 3. The molecule has 1 fully saturated rings. The molecule has 1 aliphatic heterocycles. The first-order chi connectivity index (χ1) is 14.1. The van der Waals surface area contributed by atoms with Crippen LogP contribution in [0.4, 0.5) is 0 Å². The number of nitrogens with zero attached hydrogens (tertiary/aromatic N) is 2. The van der Waals surface area contributed by atoms with E-state index in [1.165, 1.54) is 5.56 Å². The highest BCUT2D eigenvalue weighted by atomic mass is 16.5. The third-order valence-electron chi connectivity index (χ3n) is 4.88. The molecule has 0 aliphatic carbocycles. The van der Waals surface area contributed by atoms with Crippen LogP contribution in [0.5, 0.6) is 5.75 Å². The number of nitrogens with one attached hydrogen (secondary N) is 2. The fraction of sp³-hybridized carbons (Fsp3) is 0.682. The topological polar surface area (TPSA) is 67.4 Å². The van der Waals surface area contributed by atoms with Crippen molar-refractivity contribution in [1.82, 2.24) is 15.5 Å². The van der Waals surface area contributed by atoms with Crippen LogP contribution in [0.1, 0.15) is 31.9 Å². The molecule has 0 aromatic heterocycles. The van der Waals surface area contributed by atoms with Crippen LogP contribution < -0.4 is 15.4 Å². The molecule has 0 radical (unpaired) electrons. The first kappa shape index (κ1) is 23.4. The van der Waals surface area contributed by atoms with Crippen molar-refractivity contribution < 1.29 is 14.2 Å². The third kappa shape index (κ3) is 8.60. The predicted octanol–water partition coefficient (Wildman–Crippen LogP) is 2.30. The van der Waals surface area contributed by atoms with E-state index in [2.05, 4.69) is 46.5 Å². The fourth-order valence-electron chi connectivity index (χ4n) is 3.29. The SMILES string of the molecule is CN=C(NCCCOCC(C)C)NCC(c1ccc(OC)cc1)N1CCOCC1. The van der Waals surface area contributed by atoms with Crippen LogP contribution in [0.15, 0.2) is 29.3 Å². The van der Waals surface area contributed by atoms with Gasteiger partial charge in [0.2, 0.25) is 0 Å². The third-order valence-corrected chi connectivity index (χ3v) is 4.88. The molecule has 1 heterocycles. The molecule has 0 amide bonds. The number of benzene rings is 1. The lowest BCUT2D eigenvalue weighted by Gasteiger charge is -2.35. The van der Waals surface area contributed by atoms with Crippen LogP contribution in [-0.2, 0) is 9.47 Å². The summed E-state index contributed by atoms with van der Waals surface area (Å²) in [6, 6.07) is 8.57. The maximum atomic E-state index is 5.64. The number of rotatable bonds is 11. The summed E-state index contributed by atoms with van der Waals surface area (Å²) in [7, 11) is 3.50. The van der Waals surface area contributed by atoms with Gasteiger partial charge in [-0.25, -0.2) is 0 Å². The summed E-state index contributed by atoms with van der Waals surface area (Å²) >= 11 is 0. The van der Waals surface area contributed by atoms with Crippen molar-refractivity contribution >= 4 is 5.96 Å². The summed E-state index contributed by atoms with van der Waals surface area (Å²) in [5.74, 6) is 2.27. The Labute approximate surface area is 175 Å². The van der Waals surface area contributed by atoms with E-state index in [0.717, 1.165) is 70.7 Å². The summed E-state index contributed by atoms with van der Waals surface area (Å²) in [6.45, 7) is 10.9. The highest BCUT2D eigenvalue weighted by Gasteiger charge is 2.23. The van der Waals surface area contributed by atoms with Crippen molar-refractivity contribution in [2.75, 3.05) is 66.8 Å². The maximum Gasteiger partial charge on any atom is 0.191 e. The van der Waals surface area contributed by atoms with Crippen LogP contribution in [0, 0.1) is 5.92 Å². The van der Waals surface area contributed by atoms with Gasteiger partial charge in [-0.15, -0.1) is 0 Å². The summed E-state index contributed by atoms with van der Waals surface area (Å²) in [4.78, 5) is 6.83. The normalized spacial score (nSPS) is 16.7. The van der Waals surface area contributed by atoms with E-state index in [4.69, 9.17) is 14.2 Å². The number of methoxy groups -OCH3 is 1. The zero-order valence-corrected chi connectivity index (χ0v) is 18.4. The molecular formula is C22H38N4O3. The minimum absolute atomic E-state index is 0.248. The van der Waals surface area contributed by atoms with Crippen molar-refractivity contribution in [1.29, 1.82) is 0 Å². The Bertz CT molecular complexity index is 586. The van der Waals surface area contributed by atoms with Gasteiger partial charge in [0, 0.05) is 46.4 Å². The first-order valence-electron chi connectivity index (χ1n) is 10.6. The first-order valence-corrected chi connectivity index (χ1v) is 10.6. The number of hydrogen-bond donors (Lipinski definition) is 2. The Morgan fingerprint density at radius 3 is 2.52 bits per heavy atom. The Balaban J connectivity index is 1.86. The van der Waals surface area contributed by atoms with Crippen molar-refractivity contribution in [3.63, 3.8) is 0 Å². The van der Waals surface area contributed by atoms with Gasteiger partial charge in [0.1, 0.15) is 5.75 Å². The molecule has 1 aromatic carbocycles. The van der Waals surface area contributed by atoms with Crippen LogP contribution in [0.25, 0.3) is 0 Å². The van der Waals surface area contributed by atoms with E-state index in [1.54, 1.807) is 7.11 Å². The number of hydrogen-bond acceptors (Lipinski definition) is 5. The van der Waals surface area contributed by atoms with Gasteiger partial charge in [-0.2, -0.15) is 0 Å². The molecule has 1 aromatic rings. The van der Waals surface area contributed by atoms with Crippen LogP contribution in [0.3, 0.4) is 0 Å². The summed E-state index contributed by atoms with van der Waals surface area (Å²) in [5, 5.41) is 6.87. The van der Waals surface area contributed by atoms with E-state index in [0.29, 0.717) is 5.92 Å². The Morgan fingerprint density at radius 1 is 1.17 bits per heavy atom. The van der Waals surface area contributed by atoms with E-state index < -0.39 is 0 Å². The average Bonchev–Trinajstić information content (AvgIpc) is 2.75. The van der Waals surface area contributed by atoms with Crippen LogP contribution in [0.2, 0.25) is 0 Å². The molecule has 0 saturated carbocycles. The molecule has 1 unspecified atom stereocenters. The standard InChI is InChI=1S/C22H38N4O3/c1-18(2)17-29-13-5-10-24-22(23-3)25-16-21(26-11-14-28-15-12-26)19-6-8-20(27-4)9-7-19/h6-9,18,21H,5,10-17H2,1-4H3,(H2,23,24,25). The number of morpholine rings is 1. The summed E-state index contributed by atoms with van der Waals surface area (Å²) in [5.41, 5.74) is 1.26. The molecule has 1 aliphatic rings. The van der Waals surface area contributed by atoms with Gasteiger partial charge in [0.05, 0.1) is 26.4 Å². The molecule has 29 heavy (non-hydrogen) atoms. The molecule has 2 rings (SSSR count). The monoisotopic (exact) mass is 406 g/mol. The smallest absolute Gasteiger partial charge is 0.191 e. The minimum Gasteiger partial charge on any atom is -0.497 e. The van der Waals surface area contributed by atoms with Gasteiger partial charge in [-0.3, -0.25) is 9.89 Å². The average molecular weight is 407 g/mol. The molecule has 2 N–H and O–H groups in total. The molecule has 1 saturated heterocycles. The fourth-order valence-corrected chi connectivity index (χ4v) is 3.29. The zero-order valence-electron chi connectivity index (χ0n) is 18.4.